The van der Waals surface area contributed by atoms with Crippen molar-refractivity contribution in [2.45, 2.75) is 12.8 Å². The minimum atomic E-state index is -0.128. The average molecular weight is 366 g/mol. The number of nitrogens with zero attached hydrogens (tertiary/aromatic N) is 4. The Hall–Kier alpha value is -3.36. The molecule has 3 aromatic rings. The molecule has 4 heterocycles. The van der Waals surface area contributed by atoms with Crippen molar-refractivity contribution in [2.24, 2.45) is 5.92 Å². The van der Waals surface area contributed by atoms with E-state index in [-0.39, 0.29) is 18.6 Å². The molecule has 1 saturated heterocycles. The number of amides is 1. The number of carbonyl (C=O) groups excluding carboxylic acids is 1. The summed E-state index contributed by atoms with van der Waals surface area (Å²) in [5.41, 5.74) is 2.14. The fourth-order valence-corrected chi connectivity index (χ4v) is 3.59. The molecule has 2 aliphatic heterocycles. The maximum atomic E-state index is 12.8. The molecule has 0 unspecified atom stereocenters. The van der Waals surface area contributed by atoms with Crippen LogP contribution < -0.4 is 19.7 Å². The average Bonchev–Trinajstić information content (AvgIpc) is 3.36. The van der Waals surface area contributed by atoms with Crippen LogP contribution in [0.3, 0.4) is 0 Å². The number of fused-ring (bicyclic) bond motifs is 2. The summed E-state index contributed by atoms with van der Waals surface area (Å²) >= 11 is 0. The van der Waals surface area contributed by atoms with Crippen LogP contribution in [-0.2, 0) is 4.79 Å². The number of aromatic nitrogens is 4. The monoisotopic (exact) mass is 366 g/mol. The highest BCUT2D eigenvalue weighted by atomic mass is 16.7. The molecule has 0 saturated carbocycles. The number of H-pyrrole nitrogens is 1. The Balaban J connectivity index is 1.32. The summed E-state index contributed by atoms with van der Waals surface area (Å²) in [7, 11) is 0. The van der Waals surface area contributed by atoms with Crippen LogP contribution in [0.25, 0.3) is 11.2 Å². The fraction of sp³-hybridized carbons (Fsp3) is 0.333. The van der Waals surface area contributed by atoms with Crippen LogP contribution in [0, 0.1) is 5.92 Å². The molecule has 5 rings (SSSR count). The van der Waals surface area contributed by atoms with Crippen LogP contribution in [0.5, 0.6) is 11.5 Å². The summed E-state index contributed by atoms with van der Waals surface area (Å²) in [5.74, 6) is 2.01. The summed E-state index contributed by atoms with van der Waals surface area (Å²) in [4.78, 5) is 30.7. The van der Waals surface area contributed by atoms with Crippen molar-refractivity contribution < 1.29 is 14.3 Å². The largest absolute Gasteiger partial charge is 0.454 e. The van der Waals surface area contributed by atoms with Crippen LogP contribution in [-0.4, -0.2) is 45.7 Å². The van der Waals surface area contributed by atoms with E-state index in [1.165, 1.54) is 6.33 Å². The highest BCUT2D eigenvalue weighted by Gasteiger charge is 2.28. The highest BCUT2D eigenvalue weighted by Crippen LogP contribution is 2.34. The zero-order valence-electron chi connectivity index (χ0n) is 14.5. The number of aromatic amines is 1. The number of anilines is 2. The van der Waals surface area contributed by atoms with Gasteiger partial charge in [0.05, 0.1) is 12.2 Å². The lowest BCUT2D eigenvalue weighted by molar-refractivity contribution is -0.120. The van der Waals surface area contributed by atoms with Gasteiger partial charge >= 0.3 is 0 Å². The minimum Gasteiger partial charge on any atom is -0.454 e. The Kier molecular flexibility index (Phi) is 3.77. The Bertz CT molecular complexity index is 1000. The Morgan fingerprint density at radius 2 is 2.15 bits per heavy atom. The van der Waals surface area contributed by atoms with E-state index >= 15 is 0 Å². The minimum absolute atomic E-state index is 0.00604. The lowest BCUT2D eigenvalue weighted by atomic mass is 9.97. The van der Waals surface area contributed by atoms with Gasteiger partial charge in [0.25, 0.3) is 0 Å². The third-order valence-corrected chi connectivity index (χ3v) is 4.93. The van der Waals surface area contributed by atoms with Crippen molar-refractivity contribution in [3.8, 4) is 11.5 Å². The molecule has 9 heteroatoms. The van der Waals surface area contributed by atoms with Crippen LogP contribution >= 0.6 is 0 Å². The highest BCUT2D eigenvalue weighted by molar-refractivity contribution is 5.93. The number of nitrogens with one attached hydrogen (secondary N) is 2. The maximum Gasteiger partial charge on any atom is 0.231 e. The summed E-state index contributed by atoms with van der Waals surface area (Å²) in [6.07, 6.45) is 4.87. The second-order valence-electron chi connectivity index (χ2n) is 6.64. The van der Waals surface area contributed by atoms with Crippen LogP contribution in [0.1, 0.15) is 12.8 Å². The van der Waals surface area contributed by atoms with Gasteiger partial charge < -0.3 is 24.7 Å². The van der Waals surface area contributed by atoms with Gasteiger partial charge in [0.2, 0.25) is 12.7 Å². The van der Waals surface area contributed by atoms with Crippen molar-refractivity contribution in [1.29, 1.82) is 0 Å². The van der Waals surface area contributed by atoms with Crippen molar-refractivity contribution in [1.82, 2.24) is 19.9 Å². The van der Waals surface area contributed by atoms with Crippen LogP contribution in [0.15, 0.2) is 30.9 Å². The van der Waals surface area contributed by atoms with E-state index in [1.807, 2.05) is 6.07 Å². The van der Waals surface area contributed by atoms with Crippen molar-refractivity contribution >= 4 is 28.6 Å². The molecule has 0 radical (unpaired) electrons. The second-order valence-corrected chi connectivity index (χ2v) is 6.64. The second kappa shape index (κ2) is 6.42. The Morgan fingerprint density at radius 1 is 1.22 bits per heavy atom. The molecule has 2 aliphatic rings. The quantitative estimate of drug-likeness (QED) is 0.730. The summed E-state index contributed by atoms with van der Waals surface area (Å²) in [6, 6.07) is 5.42. The number of rotatable bonds is 3. The number of hydrogen-bond acceptors (Lipinski definition) is 7. The Labute approximate surface area is 154 Å². The van der Waals surface area contributed by atoms with Gasteiger partial charge in [-0.3, -0.25) is 4.79 Å². The molecular weight excluding hydrogens is 348 g/mol. The van der Waals surface area contributed by atoms with Crippen LogP contribution in [0.4, 0.5) is 11.5 Å². The predicted molar refractivity (Wildman–Crippen MR) is 97.8 cm³/mol. The smallest absolute Gasteiger partial charge is 0.231 e. The third-order valence-electron chi connectivity index (χ3n) is 4.93. The number of benzene rings is 1. The van der Waals surface area contributed by atoms with Gasteiger partial charge in [-0.15, -0.1) is 0 Å². The zero-order valence-corrected chi connectivity index (χ0v) is 14.5. The summed E-state index contributed by atoms with van der Waals surface area (Å²) in [5, 5.41) is 2.99. The van der Waals surface area contributed by atoms with E-state index in [0.29, 0.717) is 29.4 Å². The van der Waals surface area contributed by atoms with Crippen LogP contribution in [0.2, 0.25) is 0 Å². The number of ether oxygens (including phenoxy) is 2. The standard InChI is InChI=1S/C18H18N6O3/c25-18(23-12-3-4-13-14(6-12)27-10-26-13)11-2-1-5-24(7-11)17-15-16(20-8-19-15)21-9-22-17/h3-4,6,8-9,11H,1-2,5,7,10H2,(H,23,25)(H,19,20,21,22)/t11-/m0/s1. The molecule has 2 N–H and O–H groups in total. The van der Waals surface area contributed by atoms with E-state index in [0.717, 1.165) is 30.7 Å². The lowest BCUT2D eigenvalue weighted by Gasteiger charge is -2.32. The molecule has 138 valence electrons. The van der Waals surface area contributed by atoms with Gasteiger partial charge in [-0.1, -0.05) is 0 Å². The first kappa shape index (κ1) is 15.9. The molecule has 1 fully saturated rings. The number of carbonyl (C=O) groups is 1. The topological polar surface area (TPSA) is 105 Å². The molecular formula is C18H18N6O3. The molecule has 0 bridgehead atoms. The first-order valence-corrected chi connectivity index (χ1v) is 8.87. The van der Waals surface area contributed by atoms with Gasteiger partial charge in [0, 0.05) is 24.8 Å². The molecule has 0 aliphatic carbocycles. The van der Waals surface area contributed by atoms with E-state index in [2.05, 4.69) is 30.2 Å². The molecule has 1 atom stereocenters. The third kappa shape index (κ3) is 2.90. The first-order chi connectivity index (χ1) is 13.3. The van der Waals surface area contributed by atoms with E-state index in [4.69, 9.17) is 9.47 Å². The van der Waals surface area contributed by atoms with E-state index in [1.54, 1.807) is 18.5 Å². The number of imidazole rings is 1. The first-order valence-electron chi connectivity index (χ1n) is 8.87. The van der Waals surface area contributed by atoms with Gasteiger partial charge in [0.15, 0.2) is 23.0 Å². The summed E-state index contributed by atoms with van der Waals surface area (Å²) < 4.78 is 10.7. The summed E-state index contributed by atoms with van der Waals surface area (Å²) in [6.45, 7) is 1.66. The number of piperidine rings is 1. The van der Waals surface area contributed by atoms with Crippen molar-refractivity contribution in [3.05, 3.63) is 30.9 Å². The number of hydrogen-bond donors (Lipinski definition) is 2. The molecule has 9 nitrogen and oxygen atoms in total. The normalized spacial score (nSPS) is 18.7. The van der Waals surface area contributed by atoms with Crippen molar-refractivity contribution in [3.63, 3.8) is 0 Å². The Morgan fingerprint density at radius 3 is 3.11 bits per heavy atom. The molecule has 27 heavy (non-hydrogen) atoms. The lowest BCUT2D eigenvalue weighted by Crippen LogP contribution is -2.41. The predicted octanol–water partition coefficient (Wildman–Crippen LogP) is 1.94. The molecule has 1 amide bonds. The van der Waals surface area contributed by atoms with Gasteiger partial charge in [-0.25, -0.2) is 15.0 Å². The van der Waals surface area contributed by atoms with Gasteiger partial charge in [-0.2, -0.15) is 0 Å². The molecule has 1 aromatic carbocycles. The maximum absolute atomic E-state index is 12.8. The van der Waals surface area contributed by atoms with E-state index < -0.39 is 0 Å². The zero-order chi connectivity index (χ0) is 18.2. The molecule has 0 spiro atoms. The SMILES string of the molecule is O=C(Nc1ccc2c(c1)OCO2)[C@H]1CCCN(c2ncnc3nc[nH]c23)C1. The van der Waals surface area contributed by atoms with Gasteiger partial charge in [-0.05, 0) is 25.0 Å². The van der Waals surface area contributed by atoms with E-state index in [9.17, 15) is 4.79 Å². The van der Waals surface area contributed by atoms with Gasteiger partial charge in [0.1, 0.15) is 11.8 Å². The fourth-order valence-electron chi connectivity index (χ4n) is 3.59. The van der Waals surface area contributed by atoms with Crippen molar-refractivity contribution in [2.75, 3.05) is 30.1 Å². The molecule has 2 aromatic heterocycles.